The lowest BCUT2D eigenvalue weighted by atomic mass is 10.2. The molecule has 1 nitrogen and oxygen atoms in total. The molecule has 0 saturated heterocycles. The molecule has 0 amide bonds. The first kappa shape index (κ1) is 7.74. The van der Waals surface area contributed by atoms with Gasteiger partial charge in [-0.25, -0.2) is 0 Å². The van der Waals surface area contributed by atoms with Crippen molar-refractivity contribution in [3.63, 3.8) is 0 Å². The molecule has 2 heteroatoms. The van der Waals surface area contributed by atoms with E-state index in [1.165, 1.54) is 16.6 Å². The molecule has 0 unspecified atom stereocenters. The number of rotatable bonds is 1. The van der Waals surface area contributed by atoms with Crippen LogP contribution in [0.15, 0.2) is 29.2 Å². The van der Waals surface area contributed by atoms with Crippen molar-refractivity contribution in [1.82, 2.24) is 4.98 Å². The normalized spacial score (nSPS) is 10.8. The summed E-state index contributed by atoms with van der Waals surface area (Å²) in [5.41, 5.74) is 2.40. The van der Waals surface area contributed by atoms with E-state index >= 15 is 0 Å². The minimum atomic E-state index is 1.01. The number of para-hydroxylation sites is 1. The van der Waals surface area contributed by atoms with E-state index < -0.39 is 0 Å². The van der Waals surface area contributed by atoms with Gasteiger partial charge in [-0.3, -0.25) is 0 Å². The summed E-state index contributed by atoms with van der Waals surface area (Å²) in [5.74, 6) is 0. The Bertz CT molecular complexity index is 403. The molecule has 1 aromatic heterocycles. The van der Waals surface area contributed by atoms with Crippen molar-refractivity contribution >= 4 is 23.5 Å². The first-order valence-corrected chi connectivity index (χ1v) is 4.56. The van der Waals surface area contributed by atoms with Crippen LogP contribution >= 0.6 is 12.6 Å². The molecule has 2 aromatic rings. The van der Waals surface area contributed by atoms with Crippen LogP contribution in [-0.2, 0) is 6.42 Å². The Morgan fingerprint density at radius 3 is 2.75 bits per heavy atom. The summed E-state index contributed by atoms with van der Waals surface area (Å²) < 4.78 is 0. The Morgan fingerprint density at radius 2 is 2.08 bits per heavy atom. The fraction of sp³-hybridized carbons (Fsp3) is 0.200. The van der Waals surface area contributed by atoms with Crippen LogP contribution in [0.4, 0.5) is 0 Å². The van der Waals surface area contributed by atoms with Gasteiger partial charge < -0.3 is 4.98 Å². The van der Waals surface area contributed by atoms with Gasteiger partial charge in [-0.2, -0.15) is 0 Å². The maximum absolute atomic E-state index is 4.46. The molecule has 0 aliphatic carbocycles. The number of benzene rings is 1. The van der Waals surface area contributed by atoms with Crippen molar-refractivity contribution in [2.45, 2.75) is 18.2 Å². The lowest BCUT2D eigenvalue weighted by Crippen LogP contribution is -1.78. The van der Waals surface area contributed by atoms with Gasteiger partial charge in [0.05, 0.1) is 0 Å². The number of aryl methyl sites for hydroxylation is 1. The summed E-state index contributed by atoms with van der Waals surface area (Å²) in [5, 5.41) is 1.22. The van der Waals surface area contributed by atoms with Gasteiger partial charge in [0.2, 0.25) is 0 Å². The first-order valence-electron chi connectivity index (χ1n) is 4.11. The van der Waals surface area contributed by atoms with Gasteiger partial charge in [-0.05, 0) is 12.5 Å². The van der Waals surface area contributed by atoms with Crippen LogP contribution in [0.2, 0.25) is 0 Å². The third kappa shape index (κ3) is 1.03. The van der Waals surface area contributed by atoms with E-state index in [0.29, 0.717) is 0 Å². The van der Waals surface area contributed by atoms with Crippen LogP contribution in [-0.4, -0.2) is 4.98 Å². The average molecular weight is 177 g/mol. The molecule has 0 atom stereocenters. The van der Waals surface area contributed by atoms with E-state index in [2.05, 4.69) is 36.7 Å². The molecule has 1 N–H and O–H groups in total. The predicted octanol–water partition coefficient (Wildman–Crippen LogP) is 3.02. The van der Waals surface area contributed by atoms with Gasteiger partial charge in [-0.15, -0.1) is 12.6 Å². The third-order valence-electron chi connectivity index (χ3n) is 2.11. The van der Waals surface area contributed by atoms with Crippen molar-refractivity contribution < 1.29 is 0 Å². The molecule has 62 valence electrons. The SMILES string of the molecule is CCc1[nH]c2ccccc2c1S. The van der Waals surface area contributed by atoms with Crippen LogP contribution in [0.1, 0.15) is 12.6 Å². The van der Waals surface area contributed by atoms with Crippen molar-refractivity contribution in [1.29, 1.82) is 0 Å². The highest BCUT2D eigenvalue weighted by Crippen LogP contribution is 2.25. The second kappa shape index (κ2) is 2.87. The summed E-state index contributed by atoms with van der Waals surface area (Å²) in [4.78, 5) is 4.43. The summed E-state index contributed by atoms with van der Waals surface area (Å²) in [6.45, 7) is 2.13. The van der Waals surface area contributed by atoms with Gasteiger partial charge in [0.25, 0.3) is 0 Å². The van der Waals surface area contributed by atoms with Crippen LogP contribution in [0.3, 0.4) is 0 Å². The minimum absolute atomic E-state index is 1.01. The highest BCUT2D eigenvalue weighted by Gasteiger charge is 2.04. The van der Waals surface area contributed by atoms with Crippen molar-refractivity contribution in [2.24, 2.45) is 0 Å². The number of H-pyrrole nitrogens is 1. The number of fused-ring (bicyclic) bond motifs is 1. The zero-order valence-electron chi connectivity index (χ0n) is 6.96. The monoisotopic (exact) mass is 177 g/mol. The van der Waals surface area contributed by atoms with Gasteiger partial charge in [0, 0.05) is 21.5 Å². The zero-order chi connectivity index (χ0) is 8.55. The Morgan fingerprint density at radius 1 is 1.33 bits per heavy atom. The summed E-state index contributed by atoms with van der Waals surface area (Å²) in [6, 6.07) is 8.24. The van der Waals surface area contributed by atoms with Gasteiger partial charge in [0.1, 0.15) is 0 Å². The fourth-order valence-corrected chi connectivity index (χ4v) is 1.85. The number of aromatic amines is 1. The molecule has 0 fully saturated rings. The van der Waals surface area contributed by atoms with Crippen molar-refractivity contribution in [2.75, 3.05) is 0 Å². The number of hydrogen-bond donors (Lipinski definition) is 2. The molecule has 0 saturated carbocycles. The molecule has 0 radical (unpaired) electrons. The number of aromatic nitrogens is 1. The van der Waals surface area contributed by atoms with E-state index in [4.69, 9.17) is 0 Å². The number of thiol groups is 1. The Kier molecular flexibility index (Phi) is 1.85. The number of hydrogen-bond acceptors (Lipinski definition) is 1. The minimum Gasteiger partial charge on any atom is -0.357 e. The van der Waals surface area contributed by atoms with Crippen LogP contribution < -0.4 is 0 Å². The van der Waals surface area contributed by atoms with E-state index in [0.717, 1.165) is 11.3 Å². The topological polar surface area (TPSA) is 15.8 Å². The lowest BCUT2D eigenvalue weighted by molar-refractivity contribution is 1.03. The average Bonchev–Trinajstić information content (AvgIpc) is 2.44. The van der Waals surface area contributed by atoms with E-state index in [9.17, 15) is 0 Å². The molecule has 0 spiro atoms. The maximum Gasteiger partial charge on any atom is 0.0467 e. The van der Waals surface area contributed by atoms with Gasteiger partial charge >= 0.3 is 0 Å². The molecular weight excluding hydrogens is 166 g/mol. The molecule has 0 aliphatic rings. The van der Waals surface area contributed by atoms with Crippen molar-refractivity contribution in [3.05, 3.63) is 30.0 Å². The van der Waals surface area contributed by atoms with Crippen molar-refractivity contribution in [3.8, 4) is 0 Å². The van der Waals surface area contributed by atoms with Crippen LogP contribution in [0, 0.1) is 0 Å². The smallest absolute Gasteiger partial charge is 0.0467 e. The molecule has 0 bridgehead atoms. The molecular formula is C10H11NS. The second-order valence-electron chi connectivity index (χ2n) is 2.85. The maximum atomic E-state index is 4.46. The zero-order valence-corrected chi connectivity index (χ0v) is 7.86. The predicted molar refractivity (Wildman–Crippen MR) is 54.9 cm³/mol. The highest BCUT2D eigenvalue weighted by molar-refractivity contribution is 7.80. The van der Waals surface area contributed by atoms with Crippen LogP contribution in [0.5, 0.6) is 0 Å². The first-order chi connectivity index (χ1) is 5.83. The standard InChI is InChI=1S/C10H11NS/c1-2-8-10(12)7-5-3-4-6-9(7)11-8/h3-6,11-12H,2H2,1H3. The fourth-order valence-electron chi connectivity index (χ4n) is 1.44. The highest BCUT2D eigenvalue weighted by atomic mass is 32.1. The summed E-state index contributed by atoms with van der Waals surface area (Å²) in [6.07, 6.45) is 1.01. The quantitative estimate of drug-likeness (QED) is 0.623. The van der Waals surface area contributed by atoms with E-state index in [1.54, 1.807) is 0 Å². The van der Waals surface area contributed by atoms with Gasteiger partial charge in [0.15, 0.2) is 0 Å². The molecule has 1 aromatic carbocycles. The Hall–Kier alpha value is -0.890. The largest absolute Gasteiger partial charge is 0.357 e. The third-order valence-corrected chi connectivity index (χ3v) is 2.62. The molecule has 2 rings (SSSR count). The second-order valence-corrected chi connectivity index (χ2v) is 3.30. The summed E-state index contributed by atoms with van der Waals surface area (Å²) in [7, 11) is 0. The lowest BCUT2D eigenvalue weighted by Gasteiger charge is -1.90. The van der Waals surface area contributed by atoms with E-state index in [-0.39, 0.29) is 0 Å². The summed E-state index contributed by atoms with van der Waals surface area (Å²) >= 11 is 4.46. The Labute approximate surface area is 77.2 Å². The van der Waals surface area contributed by atoms with E-state index in [1.807, 2.05) is 12.1 Å². The van der Waals surface area contributed by atoms with Crippen LogP contribution in [0.25, 0.3) is 10.9 Å². The number of nitrogens with one attached hydrogen (secondary N) is 1. The van der Waals surface area contributed by atoms with Gasteiger partial charge in [-0.1, -0.05) is 25.1 Å². The molecule has 0 aliphatic heterocycles. The molecule has 12 heavy (non-hydrogen) atoms. The molecule has 1 heterocycles. The Balaban J connectivity index is 2.78.